The van der Waals surface area contributed by atoms with Gasteiger partial charge in [0, 0.05) is 17.7 Å². The van der Waals surface area contributed by atoms with Gasteiger partial charge in [-0.2, -0.15) is 0 Å². The summed E-state index contributed by atoms with van der Waals surface area (Å²) in [4.78, 5) is 0. The van der Waals surface area contributed by atoms with Crippen LogP contribution in [0.3, 0.4) is 0 Å². The van der Waals surface area contributed by atoms with Crippen LogP contribution in [0, 0.1) is 0 Å². The molecular weight excluding hydrogens is 186 g/mol. The van der Waals surface area contributed by atoms with Crippen LogP contribution in [0.5, 0.6) is 5.75 Å². The van der Waals surface area contributed by atoms with Crippen LogP contribution in [0.2, 0.25) is 0 Å². The van der Waals surface area contributed by atoms with Gasteiger partial charge in [0.15, 0.2) is 0 Å². The predicted molar refractivity (Wildman–Crippen MR) is 61.8 cm³/mol. The van der Waals surface area contributed by atoms with E-state index < -0.39 is 0 Å². The summed E-state index contributed by atoms with van der Waals surface area (Å²) in [6.07, 6.45) is 0.666. The Morgan fingerprint density at radius 2 is 1.67 bits per heavy atom. The van der Waals surface area contributed by atoms with E-state index in [9.17, 15) is 5.11 Å². The molecule has 2 nitrogen and oxygen atoms in total. The second-order valence-electron chi connectivity index (χ2n) is 3.51. The van der Waals surface area contributed by atoms with Crippen molar-refractivity contribution in [2.24, 2.45) is 0 Å². The molecule has 0 saturated carbocycles. The average Bonchev–Trinajstić information content (AvgIpc) is 2.25. The smallest absolute Gasteiger partial charge is 0.121 e. The van der Waals surface area contributed by atoms with Crippen LogP contribution in [0.1, 0.15) is 11.1 Å². The summed E-state index contributed by atoms with van der Waals surface area (Å²) in [7, 11) is 0. The molecule has 2 aromatic rings. The standard InChI is InChI=1S/C13H13NO/c14-12-7-4-8-13(15)11(12)9-10-5-2-1-3-6-10/h1-8,15H,9,14H2. The van der Waals surface area contributed by atoms with Gasteiger partial charge in [0.05, 0.1) is 0 Å². The zero-order valence-electron chi connectivity index (χ0n) is 8.35. The molecule has 0 spiro atoms. The molecule has 0 aromatic heterocycles. The molecule has 76 valence electrons. The molecule has 0 amide bonds. The minimum absolute atomic E-state index is 0.263. The van der Waals surface area contributed by atoms with Gasteiger partial charge in [-0.3, -0.25) is 0 Å². The first-order valence-electron chi connectivity index (χ1n) is 4.87. The summed E-state index contributed by atoms with van der Waals surface area (Å²) in [5.74, 6) is 0.263. The Bertz CT molecular complexity index is 431. The maximum atomic E-state index is 9.67. The van der Waals surface area contributed by atoms with Crippen molar-refractivity contribution in [1.29, 1.82) is 0 Å². The third-order valence-corrected chi connectivity index (χ3v) is 2.41. The molecule has 0 unspecified atom stereocenters. The molecule has 0 aliphatic rings. The highest BCUT2D eigenvalue weighted by molar-refractivity contribution is 5.55. The Labute approximate surface area is 89.0 Å². The van der Waals surface area contributed by atoms with E-state index in [0.29, 0.717) is 12.1 Å². The van der Waals surface area contributed by atoms with Crippen molar-refractivity contribution in [3.63, 3.8) is 0 Å². The van der Waals surface area contributed by atoms with E-state index in [0.717, 1.165) is 11.1 Å². The summed E-state index contributed by atoms with van der Waals surface area (Å²) in [5.41, 5.74) is 8.39. The molecule has 0 radical (unpaired) electrons. The second kappa shape index (κ2) is 4.05. The number of phenolic OH excluding ortho intramolecular Hbond substituents is 1. The number of phenols is 1. The molecule has 0 aliphatic carbocycles. The average molecular weight is 199 g/mol. The van der Waals surface area contributed by atoms with Gasteiger partial charge >= 0.3 is 0 Å². The molecular formula is C13H13NO. The van der Waals surface area contributed by atoms with Crippen molar-refractivity contribution in [2.45, 2.75) is 6.42 Å². The molecule has 0 atom stereocenters. The predicted octanol–water partition coefficient (Wildman–Crippen LogP) is 2.57. The molecule has 0 bridgehead atoms. The number of benzene rings is 2. The summed E-state index contributed by atoms with van der Waals surface area (Å²) in [5, 5.41) is 9.67. The zero-order chi connectivity index (χ0) is 10.7. The third-order valence-electron chi connectivity index (χ3n) is 2.41. The number of aromatic hydroxyl groups is 1. The van der Waals surface area contributed by atoms with Gasteiger partial charge < -0.3 is 10.8 Å². The lowest BCUT2D eigenvalue weighted by atomic mass is 10.0. The summed E-state index contributed by atoms with van der Waals surface area (Å²) < 4.78 is 0. The van der Waals surface area contributed by atoms with E-state index in [2.05, 4.69) is 0 Å². The molecule has 0 fully saturated rings. The number of anilines is 1. The summed E-state index contributed by atoms with van der Waals surface area (Å²) in [6, 6.07) is 15.2. The van der Waals surface area contributed by atoms with Gasteiger partial charge in [0.25, 0.3) is 0 Å². The lowest BCUT2D eigenvalue weighted by Crippen LogP contribution is -1.95. The van der Waals surface area contributed by atoms with Crippen LogP contribution in [0.4, 0.5) is 5.69 Å². The Hall–Kier alpha value is -1.96. The lowest BCUT2D eigenvalue weighted by molar-refractivity contribution is 0.470. The fourth-order valence-electron chi connectivity index (χ4n) is 1.58. The molecule has 2 aromatic carbocycles. The van der Waals surface area contributed by atoms with E-state index in [1.807, 2.05) is 30.3 Å². The highest BCUT2D eigenvalue weighted by Crippen LogP contribution is 2.25. The minimum atomic E-state index is 0.263. The quantitative estimate of drug-likeness (QED) is 0.730. The SMILES string of the molecule is Nc1cccc(O)c1Cc1ccccc1. The molecule has 2 heteroatoms. The third kappa shape index (κ3) is 2.10. The van der Waals surface area contributed by atoms with Crippen molar-refractivity contribution in [3.05, 3.63) is 59.7 Å². The van der Waals surface area contributed by atoms with Crippen LogP contribution >= 0.6 is 0 Å². The van der Waals surface area contributed by atoms with E-state index in [1.54, 1.807) is 18.2 Å². The molecule has 2 rings (SSSR count). The van der Waals surface area contributed by atoms with Gasteiger partial charge in [-0.15, -0.1) is 0 Å². The largest absolute Gasteiger partial charge is 0.508 e. The Kier molecular flexibility index (Phi) is 2.59. The molecule has 3 N–H and O–H groups in total. The van der Waals surface area contributed by atoms with Gasteiger partial charge in [-0.1, -0.05) is 36.4 Å². The number of hydrogen-bond acceptors (Lipinski definition) is 2. The zero-order valence-corrected chi connectivity index (χ0v) is 8.35. The van der Waals surface area contributed by atoms with E-state index in [-0.39, 0.29) is 5.75 Å². The van der Waals surface area contributed by atoms with Crippen molar-refractivity contribution < 1.29 is 5.11 Å². The van der Waals surface area contributed by atoms with Crippen LogP contribution < -0.4 is 5.73 Å². The highest BCUT2D eigenvalue weighted by Gasteiger charge is 2.05. The van der Waals surface area contributed by atoms with Crippen molar-refractivity contribution in [3.8, 4) is 5.75 Å². The Morgan fingerprint density at radius 1 is 0.933 bits per heavy atom. The second-order valence-corrected chi connectivity index (χ2v) is 3.51. The maximum absolute atomic E-state index is 9.67. The Morgan fingerprint density at radius 3 is 2.33 bits per heavy atom. The summed E-state index contributed by atoms with van der Waals surface area (Å²) in [6.45, 7) is 0. The summed E-state index contributed by atoms with van der Waals surface area (Å²) >= 11 is 0. The molecule has 0 heterocycles. The first kappa shape index (κ1) is 9.59. The first-order valence-corrected chi connectivity index (χ1v) is 4.87. The number of nitrogen functional groups attached to an aromatic ring is 1. The van der Waals surface area contributed by atoms with Crippen LogP contribution in [0.25, 0.3) is 0 Å². The number of hydrogen-bond donors (Lipinski definition) is 2. The van der Waals surface area contributed by atoms with Crippen LogP contribution in [-0.4, -0.2) is 5.11 Å². The minimum Gasteiger partial charge on any atom is -0.508 e. The number of nitrogens with two attached hydrogens (primary N) is 1. The van der Waals surface area contributed by atoms with Crippen LogP contribution in [-0.2, 0) is 6.42 Å². The monoisotopic (exact) mass is 199 g/mol. The van der Waals surface area contributed by atoms with Gasteiger partial charge in [-0.25, -0.2) is 0 Å². The maximum Gasteiger partial charge on any atom is 0.121 e. The highest BCUT2D eigenvalue weighted by atomic mass is 16.3. The topological polar surface area (TPSA) is 46.2 Å². The number of rotatable bonds is 2. The van der Waals surface area contributed by atoms with Crippen LogP contribution in [0.15, 0.2) is 48.5 Å². The first-order chi connectivity index (χ1) is 7.27. The molecule has 0 saturated heterocycles. The van der Waals surface area contributed by atoms with E-state index >= 15 is 0 Å². The fourth-order valence-corrected chi connectivity index (χ4v) is 1.58. The molecule has 15 heavy (non-hydrogen) atoms. The lowest BCUT2D eigenvalue weighted by Gasteiger charge is -2.07. The van der Waals surface area contributed by atoms with Gasteiger partial charge in [-0.05, 0) is 17.7 Å². The van der Waals surface area contributed by atoms with Gasteiger partial charge in [0.1, 0.15) is 5.75 Å². The van der Waals surface area contributed by atoms with Crippen molar-refractivity contribution in [1.82, 2.24) is 0 Å². The normalized spacial score (nSPS) is 10.1. The fraction of sp³-hybridized carbons (Fsp3) is 0.0769. The van der Waals surface area contributed by atoms with Crippen molar-refractivity contribution >= 4 is 5.69 Å². The van der Waals surface area contributed by atoms with Crippen molar-refractivity contribution in [2.75, 3.05) is 5.73 Å². The Balaban J connectivity index is 2.32. The molecule has 0 aliphatic heterocycles. The van der Waals surface area contributed by atoms with E-state index in [4.69, 9.17) is 5.73 Å². The van der Waals surface area contributed by atoms with Gasteiger partial charge in [0.2, 0.25) is 0 Å². The van der Waals surface area contributed by atoms with E-state index in [1.165, 1.54) is 0 Å².